The lowest BCUT2D eigenvalue weighted by Crippen LogP contribution is -2.40. The number of thiocarbonyl (C=S) groups is 1. The topological polar surface area (TPSA) is 66.6 Å². The van der Waals surface area contributed by atoms with Gasteiger partial charge in [0.05, 0.1) is 20.2 Å². The number of nitrogens with zero attached hydrogens (tertiary/aromatic N) is 1. The first kappa shape index (κ1) is 21.3. The van der Waals surface area contributed by atoms with E-state index in [1.807, 2.05) is 40.6 Å². The molecule has 3 aromatic rings. The highest BCUT2D eigenvalue weighted by Crippen LogP contribution is 2.20. The van der Waals surface area contributed by atoms with Crippen molar-refractivity contribution in [3.05, 3.63) is 62.6 Å². The molecule has 0 radical (unpaired) electrons. The number of aromatic nitrogens is 1. The largest absolute Gasteiger partial charge is 0.497 e. The van der Waals surface area contributed by atoms with Gasteiger partial charge in [0.25, 0.3) is 5.56 Å². The third-order valence-electron chi connectivity index (χ3n) is 4.50. The molecule has 0 unspecified atom stereocenters. The van der Waals surface area contributed by atoms with Crippen molar-refractivity contribution in [1.82, 2.24) is 15.2 Å². The fraction of sp³-hybridized carbons (Fsp3) is 0.333. The molecular weight excluding hydrogens is 406 g/mol. The molecule has 8 heteroatoms. The number of thiophene rings is 1. The van der Waals surface area contributed by atoms with Gasteiger partial charge in [-0.05, 0) is 54.4 Å². The van der Waals surface area contributed by atoms with Crippen LogP contribution in [0, 0.1) is 0 Å². The molecule has 0 bridgehead atoms. The lowest BCUT2D eigenvalue weighted by molar-refractivity contribution is 0.195. The van der Waals surface area contributed by atoms with E-state index in [9.17, 15) is 4.79 Å². The molecular formula is C21H25N3O3S2. The molecule has 0 aliphatic heterocycles. The number of benzene rings is 1. The van der Waals surface area contributed by atoms with E-state index in [0.717, 1.165) is 29.6 Å². The highest BCUT2D eigenvalue weighted by molar-refractivity contribution is 7.80. The minimum atomic E-state index is -0.110. The number of hydrogen-bond acceptors (Lipinski definition) is 5. The molecule has 2 N–H and O–H groups in total. The van der Waals surface area contributed by atoms with Crippen LogP contribution in [-0.2, 0) is 17.8 Å². The number of methoxy groups -OCH3 is 2. The Morgan fingerprint density at radius 2 is 2.10 bits per heavy atom. The zero-order chi connectivity index (χ0) is 20.6. The average molecular weight is 432 g/mol. The van der Waals surface area contributed by atoms with Gasteiger partial charge in [0.15, 0.2) is 5.11 Å². The van der Waals surface area contributed by atoms with Crippen LogP contribution in [0.5, 0.6) is 5.75 Å². The van der Waals surface area contributed by atoms with Crippen molar-refractivity contribution in [2.24, 2.45) is 0 Å². The predicted molar refractivity (Wildman–Crippen MR) is 122 cm³/mol. The van der Waals surface area contributed by atoms with Crippen molar-refractivity contribution in [1.29, 1.82) is 0 Å². The van der Waals surface area contributed by atoms with E-state index in [1.54, 1.807) is 25.6 Å². The van der Waals surface area contributed by atoms with Crippen LogP contribution in [0.3, 0.4) is 0 Å². The van der Waals surface area contributed by atoms with Crippen molar-refractivity contribution in [2.75, 3.05) is 27.4 Å². The lowest BCUT2D eigenvalue weighted by atomic mass is 10.1. The summed E-state index contributed by atoms with van der Waals surface area (Å²) in [7, 11) is 3.31. The Labute approximate surface area is 179 Å². The summed E-state index contributed by atoms with van der Waals surface area (Å²) in [6.45, 7) is 2.45. The number of ether oxygens (including phenoxy) is 2. The number of fused-ring (bicyclic) bond motifs is 1. The fourth-order valence-corrected chi connectivity index (χ4v) is 3.94. The van der Waals surface area contributed by atoms with Gasteiger partial charge in [-0.2, -0.15) is 0 Å². The van der Waals surface area contributed by atoms with Crippen LogP contribution in [0.2, 0.25) is 0 Å². The third-order valence-corrected chi connectivity index (χ3v) is 5.77. The Morgan fingerprint density at radius 3 is 2.83 bits per heavy atom. The van der Waals surface area contributed by atoms with Crippen LogP contribution in [0.1, 0.15) is 16.9 Å². The maximum atomic E-state index is 12.7. The molecule has 0 saturated heterocycles. The molecule has 29 heavy (non-hydrogen) atoms. The van der Waals surface area contributed by atoms with Crippen LogP contribution in [0.15, 0.2) is 46.6 Å². The normalized spacial score (nSPS) is 10.8. The number of H-pyrrole nitrogens is 1. The van der Waals surface area contributed by atoms with Gasteiger partial charge < -0.3 is 24.7 Å². The molecule has 0 atom stereocenters. The maximum absolute atomic E-state index is 12.7. The van der Waals surface area contributed by atoms with Crippen molar-refractivity contribution in [2.45, 2.75) is 19.5 Å². The molecule has 0 fully saturated rings. The molecule has 0 spiro atoms. The number of nitrogens with one attached hydrogen (secondary N) is 2. The molecule has 0 saturated carbocycles. The highest BCUT2D eigenvalue weighted by atomic mass is 32.1. The molecule has 2 heterocycles. The summed E-state index contributed by atoms with van der Waals surface area (Å²) in [4.78, 5) is 18.8. The van der Waals surface area contributed by atoms with Crippen molar-refractivity contribution >= 4 is 39.6 Å². The van der Waals surface area contributed by atoms with Gasteiger partial charge in [-0.15, -0.1) is 11.3 Å². The fourth-order valence-electron chi connectivity index (χ4n) is 2.99. The monoisotopic (exact) mass is 431 g/mol. The van der Waals surface area contributed by atoms with Gasteiger partial charge in [-0.3, -0.25) is 4.79 Å². The smallest absolute Gasteiger partial charge is 0.253 e. The molecule has 154 valence electrons. The number of rotatable bonds is 9. The van der Waals surface area contributed by atoms with Crippen molar-refractivity contribution in [3.63, 3.8) is 0 Å². The molecule has 1 aromatic carbocycles. The summed E-state index contributed by atoms with van der Waals surface area (Å²) in [5, 5.41) is 6.86. The minimum absolute atomic E-state index is 0.110. The van der Waals surface area contributed by atoms with Crippen LogP contribution >= 0.6 is 23.6 Å². The van der Waals surface area contributed by atoms with E-state index in [0.29, 0.717) is 30.4 Å². The summed E-state index contributed by atoms with van der Waals surface area (Å²) in [5.41, 5.74) is 1.33. The van der Waals surface area contributed by atoms with Gasteiger partial charge in [0, 0.05) is 41.6 Å². The first-order valence-corrected chi connectivity index (χ1v) is 10.6. The van der Waals surface area contributed by atoms with Crippen LogP contribution in [0.4, 0.5) is 0 Å². The first-order valence-electron chi connectivity index (χ1n) is 9.34. The summed E-state index contributed by atoms with van der Waals surface area (Å²) in [6.07, 6.45) is 0.861. The molecule has 0 amide bonds. The van der Waals surface area contributed by atoms with E-state index in [-0.39, 0.29) is 5.56 Å². The average Bonchev–Trinajstić information content (AvgIpc) is 3.24. The molecule has 2 aromatic heterocycles. The SMILES string of the molecule is COCCCNC(=S)N(Cc1cccs1)Cc1cc2cc(OC)ccc2[nH]c1=O. The second kappa shape index (κ2) is 10.4. The van der Waals surface area contributed by atoms with Gasteiger partial charge in [0.1, 0.15) is 5.75 Å². The lowest BCUT2D eigenvalue weighted by Gasteiger charge is -2.25. The second-order valence-electron chi connectivity index (χ2n) is 6.59. The first-order chi connectivity index (χ1) is 14.1. The van der Waals surface area contributed by atoms with Gasteiger partial charge in [-0.25, -0.2) is 0 Å². The molecule has 3 rings (SSSR count). The van der Waals surface area contributed by atoms with E-state index in [2.05, 4.69) is 16.4 Å². The Balaban J connectivity index is 1.82. The van der Waals surface area contributed by atoms with E-state index < -0.39 is 0 Å². The quantitative estimate of drug-likeness (QED) is 0.399. The second-order valence-corrected chi connectivity index (χ2v) is 8.01. The van der Waals surface area contributed by atoms with E-state index >= 15 is 0 Å². The van der Waals surface area contributed by atoms with Crippen molar-refractivity contribution in [3.8, 4) is 5.75 Å². The summed E-state index contributed by atoms with van der Waals surface area (Å²) < 4.78 is 10.4. The van der Waals surface area contributed by atoms with E-state index in [4.69, 9.17) is 21.7 Å². The number of aromatic amines is 1. The Bertz CT molecular complexity index is 1000. The van der Waals surface area contributed by atoms with Gasteiger partial charge in [-0.1, -0.05) is 6.07 Å². The Hall–Kier alpha value is -2.42. The Kier molecular flexibility index (Phi) is 7.62. The Morgan fingerprint density at radius 1 is 1.24 bits per heavy atom. The van der Waals surface area contributed by atoms with Gasteiger partial charge in [0.2, 0.25) is 0 Å². The van der Waals surface area contributed by atoms with Crippen LogP contribution in [-0.4, -0.2) is 42.4 Å². The van der Waals surface area contributed by atoms with Crippen LogP contribution in [0.25, 0.3) is 10.9 Å². The minimum Gasteiger partial charge on any atom is -0.497 e. The zero-order valence-electron chi connectivity index (χ0n) is 16.6. The highest BCUT2D eigenvalue weighted by Gasteiger charge is 2.14. The van der Waals surface area contributed by atoms with Crippen LogP contribution < -0.4 is 15.6 Å². The predicted octanol–water partition coefficient (Wildman–Crippen LogP) is 3.51. The van der Waals surface area contributed by atoms with Gasteiger partial charge >= 0.3 is 0 Å². The third kappa shape index (κ3) is 5.79. The number of pyridine rings is 1. The standard InChI is InChI=1S/C21H25N3O3S2/c1-26-9-4-8-22-21(28)24(14-18-5-3-10-29-18)13-16-11-15-12-17(27-2)6-7-19(15)23-20(16)25/h3,5-7,10-12H,4,8-9,13-14H2,1-2H3,(H,22,28)(H,23,25). The molecule has 0 aliphatic rings. The maximum Gasteiger partial charge on any atom is 0.253 e. The summed E-state index contributed by atoms with van der Waals surface area (Å²) in [6, 6.07) is 11.6. The zero-order valence-corrected chi connectivity index (χ0v) is 18.2. The number of hydrogen-bond donors (Lipinski definition) is 2. The summed E-state index contributed by atoms with van der Waals surface area (Å²) in [5.74, 6) is 0.751. The van der Waals surface area contributed by atoms with Crippen molar-refractivity contribution < 1.29 is 9.47 Å². The summed E-state index contributed by atoms with van der Waals surface area (Å²) >= 11 is 7.29. The molecule has 0 aliphatic carbocycles. The van der Waals surface area contributed by atoms with E-state index in [1.165, 1.54) is 4.88 Å². The molecule has 6 nitrogen and oxygen atoms in total.